The first-order chi connectivity index (χ1) is 8.13. The Kier molecular flexibility index (Phi) is 2.95. The van der Waals surface area contributed by atoms with Gasteiger partial charge in [0.2, 0.25) is 5.91 Å². The van der Waals surface area contributed by atoms with Crippen LogP contribution < -0.4 is 5.32 Å². The quantitative estimate of drug-likeness (QED) is 0.781. The maximum Gasteiger partial charge on any atom is 0.253 e. The van der Waals surface area contributed by atoms with E-state index in [4.69, 9.17) is 0 Å². The van der Waals surface area contributed by atoms with Crippen molar-refractivity contribution in [1.29, 1.82) is 0 Å². The largest absolute Gasteiger partial charge is 0.341 e. The minimum atomic E-state index is -0.259. The molecule has 0 saturated carbocycles. The zero-order valence-electron chi connectivity index (χ0n) is 9.69. The van der Waals surface area contributed by atoms with Gasteiger partial charge in [0.1, 0.15) is 0 Å². The SMILES string of the molecule is C=CC(=O)Nc1cccc2c1CCN(C)C2=O. The van der Waals surface area contributed by atoms with Crippen molar-refractivity contribution < 1.29 is 9.59 Å². The molecule has 1 aliphatic heterocycles. The van der Waals surface area contributed by atoms with Crippen LogP contribution in [0.3, 0.4) is 0 Å². The van der Waals surface area contributed by atoms with Crippen molar-refractivity contribution in [3.05, 3.63) is 42.0 Å². The van der Waals surface area contributed by atoms with Crippen molar-refractivity contribution in [3.8, 4) is 0 Å². The Balaban J connectivity index is 2.40. The van der Waals surface area contributed by atoms with Crippen molar-refractivity contribution >= 4 is 17.5 Å². The van der Waals surface area contributed by atoms with E-state index in [0.29, 0.717) is 17.8 Å². The second kappa shape index (κ2) is 4.41. The van der Waals surface area contributed by atoms with E-state index < -0.39 is 0 Å². The third-order valence-corrected chi connectivity index (χ3v) is 2.89. The van der Waals surface area contributed by atoms with Crippen molar-refractivity contribution in [2.45, 2.75) is 6.42 Å². The van der Waals surface area contributed by atoms with Gasteiger partial charge in [-0.15, -0.1) is 0 Å². The first-order valence-electron chi connectivity index (χ1n) is 5.44. The van der Waals surface area contributed by atoms with Gasteiger partial charge in [-0.2, -0.15) is 0 Å². The lowest BCUT2D eigenvalue weighted by atomic mass is 9.97. The minimum Gasteiger partial charge on any atom is -0.341 e. The van der Waals surface area contributed by atoms with Gasteiger partial charge in [-0.05, 0) is 30.2 Å². The fourth-order valence-corrected chi connectivity index (χ4v) is 1.94. The molecule has 4 heteroatoms. The number of likely N-dealkylation sites (N-methyl/N-ethyl adjacent to an activating group) is 1. The molecule has 1 aromatic carbocycles. The van der Waals surface area contributed by atoms with Gasteiger partial charge in [-0.1, -0.05) is 12.6 Å². The lowest BCUT2D eigenvalue weighted by Crippen LogP contribution is -2.34. The Morgan fingerprint density at radius 1 is 1.53 bits per heavy atom. The van der Waals surface area contributed by atoms with Crippen LogP contribution in [0.5, 0.6) is 0 Å². The fourth-order valence-electron chi connectivity index (χ4n) is 1.94. The summed E-state index contributed by atoms with van der Waals surface area (Å²) in [5.74, 6) is -0.259. The summed E-state index contributed by atoms with van der Waals surface area (Å²) in [4.78, 5) is 24.9. The van der Waals surface area contributed by atoms with Gasteiger partial charge in [0.15, 0.2) is 0 Å². The van der Waals surface area contributed by atoms with Gasteiger partial charge >= 0.3 is 0 Å². The number of carbonyl (C=O) groups excluding carboxylic acids is 2. The van der Waals surface area contributed by atoms with Crippen LogP contribution in [0, 0.1) is 0 Å². The summed E-state index contributed by atoms with van der Waals surface area (Å²) in [6.07, 6.45) is 1.97. The van der Waals surface area contributed by atoms with Crippen molar-refractivity contribution in [2.75, 3.05) is 18.9 Å². The molecule has 0 spiro atoms. The number of amides is 2. The van der Waals surface area contributed by atoms with Gasteiger partial charge in [0.05, 0.1) is 0 Å². The molecule has 1 aliphatic rings. The molecule has 4 nitrogen and oxygen atoms in total. The molecule has 1 aromatic rings. The third-order valence-electron chi connectivity index (χ3n) is 2.89. The smallest absolute Gasteiger partial charge is 0.253 e. The minimum absolute atomic E-state index is 0.000882. The molecule has 17 heavy (non-hydrogen) atoms. The molecule has 0 atom stereocenters. The summed E-state index contributed by atoms with van der Waals surface area (Å²) < 4.78 is 0. The van der Waals surface area contributed by atoms with Crippen LogP contribution >= 0.6 is 0 Å². The lowest BCUT2D eigenvalue weighted by molar-refractivity contribution is -0.111. The van der Waals surface area contributed by atoms with Gasteiger partial charge in [0, 0.05) is 24.8 Å². The number of nitrogens with zero attached hydrogens (tertiary/aromatic N) is 1. The summed E-state index contributed by atoms with van der Waals surface area (Å²) in [7, 11) is 1.78. The number of anilines is 1. The van der Waals surface area contributed by atoms with Crippen LogP contribution in [-0.4, -0.2) is 30.3 Å². The van der Waals surface area contributed by atoms with E-state index in [2.05, 4.69) is 11.9 Å². The molecule has 2 amide bonds. The zero-order valence-corrected chi connectivity index (χ0v) is 9.69. The van der Waals surface area contributed by atoms with E-state index in [-0.39, 0.29) is 11.8 Å². The maximum absolute atomic E-state index is 11.9. The highest BCUT2D eigenvalue weighted by atomic mass is 16.2. The average molecular weight is 230 g/mol. The monoisotopic (exact) mass is 230 g/mol. The van der Waals surface area contributed by atoms with Gasteiger partial charge in [0.25, 0.3) is 5.91 Å². The van der Waals surface area contributed by atoms with Crippen LogP contribution in [0.4, 0.5) is 5.69 Å². The second-order valence-corrected chi connectivity index (χ2v) is 4.00. The zero-order chi connectivity index (χ0) is 12.4. The Labute approximate surface area is 99.9 Å². The van der Waals surface area contributed by atoms with Gasteiger partial charge < -0.3 is 10.2 Å². The highest BCUT2D eigenvalue weighted by Gasteiger charge is 2.23. The summed E-state index contributed by atoms with van der Waals surface area (Å²) >= 11 is 0. The predicted molar refractivity (Wildman–Crippen MR) is 65.9 cm³/mol. The molecule has 2 rings (SSSR count). The molecule has 0 aromatic heterocycles. The number of benzene rings is 1. The molecule has 88 valence electrons. The number of nitrogens with one attached hydrogen (secondary N) is 1. The molecular formula is C13H14N2O2. The fraction of sp³-hybridized carbons (Fsp3) is 0.231. The summed E-state index contributed by atoms with van der Waals surface area (Å²) in [6, 6.07) is 5.37. The number of fused-ring (bicyclic) bond motifs is 1. The van der Waals surface area contributed by atoms with Crippen molar-refractivity contribution in [3.63, 3.8) is 0 Å². The Bertz CT molecular complexity index is 494. The standard InChI is InChI=1S/C13H14N2O2/c1-3-12(16)14-11-6-4-5-10-9(11)7-8-15(2)13(10)17/h3-6H,1,7-8H2,2H3,(H,14,16). The Hall–Kier alpha value is -2.10. The van der Waals surface area contributed by atoms with Gasteiger partial charge in [-0.3, -0.25) is 9.59 Å². The molecule has 0 unspecified atom stereocenters. The molecule has 1 heterocycles. The van der Waals surface area contributed by atoms with E-state index in [1.54, 1.807) is 30.1 Å². The second-order valence-electron chi connectivity index (χ2n) is 4.00. The number of carbonyl (C=O) groups is 2. The van der Waals surface area contributed by atoms with E-state index in [9.17, 15) is 9.59 Å². The Morgan fingerprint density at radius 2 is 2.29 bits per heavy atom. The van der Waals surface area contributed by atoms with Crippen LogP contribution in [0.15, 0.2) is 30.9 Å². The normalized spacial score (nSPS) is 14.2. The molecule has 0 fully saturated rings. The maximum atomic E-state index is 11.9. The molecule has 0 radical (unpaired) electrons. The van der Waals surface area contributed by atoms with E-state index in [1.165, 1.54) is 6.08 Å². The third kappa shape index (κ3) is 2.06. The molecule has 0 aliphatic carbocycles. The van der Waals surface area contributed by atoms with Crippen LogP contribution in [0.2, 0.25) is 0 Å². The lowest BCUT2D eigenvalue weighted by Gasteiger charge is -2.26. The van der Waals surface area contributed by atoms with E-state index >= 15 is 0 Å². The van der Waals surface area contributed by atoms with Crippen LogP contribution in [-0.2, 0) is 11.2 Å². The highest BCUT2D eigenvalue weighted by Crippen LogP contribution is 2.25. The van der Waals surface area contributed by atoms with Crippen molar-refractivity contribution in [2.24, 2.45) is 0 Å². The number of hydrogen-bond acceptors (Lipinski definition) is 2. The Morgan fingerprint density at radius 3 is 3.00 bits per heavy atom. The van der Waals surface area contributed by atoms with Crippen LogP contribution in [0.25, 0.3) is 0 Å². The van der Waals surface area contributed by atoms with Crippen LogP contribution in [0.1, 0.15) is 15.9 Å². The molecule has 0 bridgehead atoms. The topological polar surface area (TPSA) is 49.4 Å². The van der Waals surface area contributed by atoms with E-state index in [1.807, 2.05) is 0 Å². The van der Waals surface area contributed by atoms with E-state index in [0.717, 1.165) is 12.0 Å². The van der Waals surface area contributed by atoms with Crippen molar-refractivity contribution in [1.82, 2.24) is 4.90 Å². The summed E-state index contributed by atoms with van der Waals surface area (Å²) in [5, 5.41) is 2.73. The molecule has 0 saturated heterocycles. The average Bonchev–Trinajstić information content (AvgIpc) is 2.34. The first-order valence-corrected chi connectivity index (χ1v) is 5.44. The summed E-state index contributed by atoms with van der Waals surface area (Å²) in [6.45, 7) is 4.08. The number of rotatable bonds is 2. The highest BCUT2D eigenvalue weighted by molar-refractivity contribution is 6.03. The molecular weight excluding hydrogens is 216 g/mol. The first kappa shape index (κ1) is 11.4. The summed E-state index contributed by atoms with van der Waals surface area (Å²) in [5.41, 5.74) is 2.28. The predicted octanol–water partition coefficient (Wildman–Crippen LogP) is 1.44. The van der Waals surface area contributed by atoms with Gasteiger partial charge in [-0.25, -0.2) is 0 Å². The number of hydrogen-bond donors (Lipinski definition) is 1. The molecule has 1 N–H and O–H groups in total.